The largest absolute Gasteiger partial charge is 0.497 e. The predicted molar refractivity (Wildman–Crippen MR) is 113 cm³/mol. The second kappa shape index (κ2) is 8.12. The molecule has 0 saturated heterocycles. The van der Waals surface area contributed by atoms with Gasteiger partial charge in [0.25, 0.3) is 5.91 Å². The molecule has 8 nitrogen and oxygen atoms in total. The van der Waals surface area contributed by atoms with Crippen LogP contribution >= 0.6 is 0 Å². The highest BCUT2D eigenvalue weighted by molar-refractivity contribution is 6.06. The molecule has 0 atom stereocenters. The number of rotatable bonds is 6. The van der Waals surface area contributed by atoms with Gasteiger partial charge in [0.15, 0.2) is 0 Å². The van der Waals surface area contributed by atoms with Gasteiger partial charge in [0.1, 0.15) is 28.3 Å². The molecule has 0 aliphatic rings. The first-order valence-electron chi connectivity index (χ1n) is 9.16. The summed E-state index contributed by atoms with van der Waals surface area (Å²) in [5.41, 5.74) is 3.18. The van der Waals surface area contributed by atoms with Gasteiger partial charge < -0.3 is 19.5 Å². The van der Waals surface area contributed by atoms with E-state index in [1.807, 2.05) is 30.3 Å². The second-order valence-corrected chi connectivity index (χ2v) is 6.41. The summed E-state index contributed by atoms with van der Waals surface area (Å²) in [5.74, 6) is 1.50. The zero-order valence-corrected chi connectivity index (χ0v) is 16.7. The summed E-state index contributed by atoms with van der Waals surface area (Å²) in [6.07, 6.45) is 0. The van der Waals surface area contributed by atoms with E-state index in [1.165, 1.54) is 7.11 Å². The van der Waals surface area contributed by atoms with Crippen LogP contribution in [0.2, 0.25) is 0 Å². The summed E-state index contributed by atoms with van der Waals surface area (Å²) in [4.78, 5) is 14.3. The molecular weight excluding hydrogens is 384 g/mol. The van der Waals surface area contributed by atoms with Crippen molar-refractivity contribution in [2.45, 2.75) is 0 Å². The number of benzene rings is 3. The maximum absolute atomic E-state index is 12.7. The van der Waals surface area contributed by atoms with Gasteiger partial charge in [0.2, 0.25) is 0 Å². The Labute approximate surface area is 173 Å². The van der Waals surface area contributed by atoms with Crippen molar-refractivity contribution in [1.29, 1.82) is 0 Å². The van der Waals surface area contributed by atoms with E-state index < -0.39 is 0 Å². The number of nitrogens with one attached hydrogen (secondary N) is 1. The lowest BCUT2D eigenvalue weighted by Crippen LogP contribution is -2.13. The molecule has 0 bridgehead atoms. The number of nitrogens with zero attached hydrogens (tertiary/aromatic N) is 3. The maximum atomic E-state index is 12.7. The van der Waals surface area contributed by atoms with E-state index in [0.29, 0.717) is 33.8 Å². The molecule has 1 amide bonds. The minimum absolute atomic E-state index is 0.295. The molecule has 1 heterocycles. The molecule has 3 aromatic carbocycles. The first-order valence-corrected chi connectivity index (χ1v) is 9.16. The topological polar surface area (TPSA) is 87.5 Å². The van der Waals surface area contributed by atoms with Gasteiger partial charge >= 0.3 is 0 Å². The van der Waals surface area contributed by atoms with E-state index >= 15 is 0 Å². The smallest absolute Gasteiger partial charge is 0.259 e. The Hall–Kier alpha value is -4.07. The third-order valence-corrected chi connectivity index (χ3v) is 4.59. The van der Waals surface area contributed by atoms with Crippen LogP contribution in [0.1, 0.15) is 10.4 Å². The molecule has 0 unspecified atom stereocenters. The van der Waals surface area contributed by atoms with Crippen molar-refractivity contribution in [3.8, 4) is 22.9 Å². The monoisotopic (exact) mass is 404 g/mol. The molecule has 0 fully saturated rings. The number of carbonyl (C=O) groups is 1. The highest BCUT2D eigenvalue weighted by atomic mass is 16.5. The molecule has 0 aliphatic carbocycles. The molecule has 0 radical (unpaired) electrons. The van der Waals surface area contributed by atoms with Gasteiger partial charge in [-0.2, -0.15) is 4.80 Å². The molecule has 1 aromatic heterocycles. The van der Waals surface area contributed by atoms with Crippen LogP contribution in [0.4, 0.5) is 5.69 Å². The summed E-state index contributed by atoms with van der Waals surface area (Å²) in [7, 11) is 4.69. The molecule has 152 valence electrons. The maximum Gasteiger partial charge on any atom is 0.259 e. The Morgan fingerprint density at radius 2 is 1.50 bits per heavy atom. The van der Waals surface area contributed by atoms with Crippen LogP contribution in [0.15, 0.2) is 60.7 Å². The molecule has 1 N–H and O–H groups in total. The average Bonchev–Trinajstić information content (AvgIpc) is 3.22. The summed E-state index contributed by atoms with van der Waals surface area (Å²) < 4.78 is 15.7. The predicted octanol–water partition coefficient (Wildman–Crippen LogP) is 3.70. The van der Waals surface area contributed by atoms with E-state index in [4.69, 9.17) is 14.2 Å². The number of amides is 1. The number of methoxy groups -OCH3 is 3. The lowest BCUT2D eigenvalue weighted by molar-refractivity contribution is 0.102. The van der Waals surface area contributed by atoms with Crippen molar-refractivity contribution in [3.63, 3.8) is 0 Å². The zero-order valence-electron chi connectivity index (χ0n) is 16.7. The fourth-order valence-electron chi connectivity index (χ4n) is 3.01. The Balaban J connectivity index is 1.58. The van der Waals surface area contributed by atoms with E-state index in [2.05, 4.69) is 15.5 Å². The second-order valence-electron chi connectivity index (χ2n) is 6.41. The van der Waals surface area contributed by atoms with Gasteiger partial charge in [0.05, 0.1) is 32.6 Å². The highest BCUT2D eigenvalue weighted by Gasteiger charge is 2.14. The molecule has 30 heavy (non-hydrogen) atoms. The Bertz CT molecular complexity index is 1200. The minimum atomic E-state index is -0.295. The fraction of sp³-hybridized carbons (Fsp3) is 0.136. The van der Waals surface area contributed by atoms with Crippen molar-refractivity contribution >= 4 is 22.6 Å². The number of ether oxygens (including phenoxy) is 3. The van der Waals surface area contributed by atoms with Crippen LogP contribution < -0.4 is 19.5 Å². The van der Waals surface area contributed by atoms with E-state index in [0.717, 1.165) is 11.4 Å². The van der Waals surface area contributed by atoms with Crippen LogP contribution in [0.25, 0.3) is 16.7 Å². The number of carbonyl (C=O) groups excluding carboxylic acids is 1. The standard InChI is InChI=1S/C22H20N4O4/c1-28-16-7-5-15(6-8-16)26-24-19-11-4-14(12-20(19)25-26)23-22(27)18-10-9-17(29-2)13-21(18)30-3/h4-13H,1-3H3,(H,23,27). The van der Waals surface area contributed by atoms with Crippen LogP contribution in [-0.2, 0) is 0 Å². The van der Waals surface area contributed by atoms with Gasteiger partial charge in [-0.25, -0.2) is 0 Å². The average molecular weight is 404 g/mol. The molecule has 4 rings (SSSR count). The van der Waals surface area contributed by atoms with Crippen molar-refractivity contribution < 1.29 is 19.0 Å². The molecule has 0 saturated carbocycles. The van der Waals surface area contributed by atoms with Gasteiger partial charge in [-0.3, -0.25) is 4.79 Å². The Kier molecular flexibility index (Phi) is 5.21. The van der Waals surface area contributed by atoms with Gasteiger partial charge in [0, 0.05) is 11.8 Å². The first-order chi connectivity index (χ1) is 14.6. The fourth-order valence-corrected chi connectivity index (χ4v) is 3.01. The van der Waals surface area contributed by atoms with Crippen LogP contribution in [0, 0.1) is 0 Å². The van der Waals surface area contributed by atoms with Crippen molar-refractivity contribution in [3.05, 3.63) is 66.2 Å². The Morgan fingerprint density at radius 1 is 0.800 bits per heavy atom. The molecule has 0 spiro atoms. The number of hydrogen-bond donors (Lipinski definition) is 1. The number of aromatic nitrogens is 3. The molecule has 0 aliphatic heterocycles. The molecule has 8 heteroatoms. The van der Waals surface area contributed by atoms with Crippen molar-refractivity contribution in [1.82, 2.24) is 15.0 Å². The first kappa shape index (κ1) is 19.3. The summed E-state index contributed by atoms with van der Waals surface area (Å²) in [5, 5.41) is 11.9. The Morgan fingerprint density at radius 3 is 2.20 bits per heavy atom. The van der Waals surface area contributed by atoms with E-state index in [-0.39, 0.29) is 5.91 Å². The van der Waals surface area contributed by atoms with Crippen LogP contribution in [0.5, 0.6) is 17.2 Å². The summed E-state index contributed by atoms with van der Waals surface area (Å²) >= 11 is 0. The van der Waals surface area contributed by atoms with Gasteiger partial charge in [-0.05, 0) is 54.6 Å². The third kappa shape index (κ3) is 3.75. The zero-order chi connectivity index (χ0) is 21.1. The number of hydrogen-bond acceptors (Lipinski definition) is 6. The van der Waals surface area contributed by atoms with Gasteiger partial charge in [-0.1, -0.05) is 0 Å². The van der Waals surface area contributed by atoms with E-state index in [9.17, 15) is 4.79 Å². The number of anilines is 1. The third-order valence-electron chi connectivity index (χ3n) is 4.59. The number of fused-ring (bicyclic) bond motifs is 1. The lowest BCUT2D eigenvalue weighted by Gasteiger charge is -2.10. The minimum Gasteiger partial charge on any atom is -0.497 e. The normalized spacial score (nSPS) is 10.6. The van der Waals surface area contributed by atoms with Gasteiger partial charge in [-0.15, -0.1) is 10.2 Å². The van der Waals surface area contributed by atoms with Crippen molar-refractivity contribution in [2.24, 2.45) is 0 Å². The van der Waals surface area contributed by atoms with E-state index in [1.54, 1.807) is 49.3 Å². The molecular formula is C22H20N4O4. The van der Waals surface area contributed by atoms with Crippen LogP contribution in [-0.4, -0.2) is 42.2 Å². The highest BCUT2D eigenvalue weighted by Crippen LogP contribution is 2.26. The lowest BCUT2D eigenvalue weighted by atomic mass is 10.1. The molecule has 4 aromatic rings. The quantitative estimate of drug-likeness (QED) is 0.527. The summed E-state index contributed by atoms with van der Waals surface area (Å²) in [6, 6.07) is 17.8. The summed E-state index contributed by atoms with van der Waals surface area (Å²) in [6.45, 7) is 0. The SMILES string of the molecule is COc1ccc(-n2nc3ccc(NC(=O)c4ccc(OC)cc4OC)cc3n2)cc1. The van der Waals surface area contributed by atoms with Crippen molar-refractivity contribution in [2.75, 3.05) is 26.6 Å². The van der Waals surface area contributed by atoms with Crippen LogP contribution in [0.3, 0.4) is 0 Å².